The molecule has 1 saturated heterocycles. The number of amides is 1. The molecule has 7 nitrogen and oxygen atoms in total. The molecular weight excluding hydrogens is 383 g/mol. The van der Waals surface area contributed by atoms with Gasteiger partial charge in [-0.25, -0.2) is 4.39 Å². The van der Waals surface area contributed by atoms with Crippen LogP contribution in [0.15, 0.2) is 48.5 Å². The largest absolute Gasteiger partial charge is 0.339 e. The highest BCUT2D eigenvalue weighted by atomic mass is 35.5. The van der Waals surface area contributed by atoms with Crippen molar-refractivity contribution in [2.24, 2.45) is 5.92 Å². The normalized spacial score (nSPS) is 14.9. The van der Waals surface area contributed by atoms with Gasteiger partial charge in [0, 0.05) is 24.7 Å². The van der Waals surface area contributed by atoms with Crippen molar-refractivity contribution < 1.29 is 9.18 Å². The summed E-state index contributed by atoms with van der Waals surface area (Å²) in [6.45, 7) is 1.32. The molecule has 0 radical (unpaired) electrons. The monoisotopic (exact) mass is 400 g/mol. The van der Waals surface area contributed by atoms with Gasteiger partial charge in [0.2, 0.25) is 11.9 Å². The van der Waals surface area contributed by atoms with Crippen LogP contribution in [-0.2, 0) is 4.79 Å². The lowest BCUT2D eigenvalue weighted by Crippen LogP contribution is -2.39. The predicted molar refractivity (Wildman–Crippen MR) is 104 cm³/mol. The van der Waals surface area contributed by atoms with Crippen molar-refractivity contribution in [1.29, 1.82) is 0 Å². The summed E-state index contributed by atoms with van der Waals surface area (Å²) in [7, 11) is 0. The standard InChI is InChI=1S/C19H18ClFN6O/c20-16-12-14(6-7-17(16)21)22-18(28)13-8-10-26(11-9-13)19-23-24-25-27(19)15-4-2-1-3-5-15/h1-7,12-13H,8-11H2,(H,22,28). The maximum Gasteiger partial charge on any atom is 0.250 e. The summed E-state index contributed by atoms with van der Waals surface area (Å²) in [6.07, 6.45) is 1.34. The third-order valence-corrected chi connectivity index (χ3v) is 5.08. The van der Waals surface area contributed by atoms with Gasteiger partial charge in [-0.1, -0.05) is 34.9 Å². The van der Waals surface area contributed by atoms with E-state index >= 15 is 0 Å². The van der Waals surface area contributed by atoms with Crippen LogP contribution in [0.25, 0.3) is 5.69 Å². The van der Waals surface area contributed by atoms with Crippen molar-refractivity contribution in [2.45, 2.75) is 12.8 Å². The Hall–Kier alpha value is -3.00. The van der Waals surface area contributed by atoms with E-state index in [0.29, 0.717) is 37.6 Å². The lowest BCUT2D eigenvalue weighted by atomic mass is 9.96. The van der Waals surface area contributed by atoms with Crippen molar-refractivity contribution in [3.8, 4) is 5.69 Å². The Kier molecular flexibility index (Phi) is 5.21. The number of piperidine rings is 1. The van der Waals surface area contributed by atoms with Gasteiger partial charge in [-0.3, -0.25) is 4.79 Å². The zero-order valence-corrected chi connectivity index (χ0v) is 15.7. The topological polar surface area (TPSA) is 75.9 Å². The number of hydrogen-bond acceptors (Lipinski definition) is 5. The molecule has 2 aromatic carbocycles. The number of para-hydroxylation sites is 1. The van der Waals surface area contributed by atoms with E-state index in [1.54, 1.807) is 4.68 Å². The molecule has 1 aliphatic heterocycles. The fourth-order valence-electron chi connectivity index (χ4n) is 3.28. The second-order valence-corrected chi connectivity index (χ2v) is 7.01. The highest BCUT2D eigenvalue weighted by Crippen LogP contribution is 2.25. The Morgan fingerprint density at radius 1 is 1.14 bits per heavy atom. The Bertz CT molecular complexity index is 972. The highest BCUT2D eigenvalue weighted by molar-refractivity contribution is 6.31. The lowest BCUT2D eigenvalue weighted by molar-refractivity contribution is -0.120. The Morgan fingerprint density at radius 3 is 2.61 bits per heavy atom. The van der Waals surface area contributed by atoms with Gasteiger partial charge in [0.1, 0.15) is 5.82 Å². The molecule has 144 valence electrons. The summed E-state index contributed by atoms with van der Waals surface area (Å²) in [5, 5.41) is 14.8. The summed E-state index contributed by atoms with van der Waals surface area (Å²) in [5.74, 6) is -0.0782. The van der Waals surface area contributed by atoms with Gasteiger partial charge < -0.3 is 10.2 Å². The number of benzene rings is 2. The average Bonchev–Trinajstić information content (AvgIpc) is 3.21. The molecule has 0 atom stereocenters. The molecule has 1 amide bonds. The van der Waals surface area contributed by atoms with E-state index in [1.165, 1.54) is 18.2 Å². The number of anilines is 2. The molecule has 2 heterocycles. The fraction of sp³-hybridized carbons (Fsp3) is 0.263. The highest BCUT2D eigenvalue weighted by Gasteiger charge is 2.28. The number of halogens is 2. The first-order valence-electron chi connectivity index (χ1n) is 8.96. The maximum absolute atomic E-state index is 13.3. The minimum absolute atomic E-state index is 0.0135. The van der Waals surface area contributed by atoms with Crippen molar-refractivity contribution in [3.63, 3.8) is 0 Å². The van der Waals surface area contributed by atoms with Crippen LogP contribution >= 0.6 is 11.6 Å². The number of carbonyl (C=O) groups is 1. The van der Waals surface area contributed by atoms with E-state index in [0.717, 1.165) is 5.69 Å². The molecule has 4 rings (SSSR count). The Labute approximate surface area is 166 Å². The van der Waals surface area contributed by atoms with Crippen molar-refractivity contribution in [2.75, 3.05) is 23.3 Å². The van der Waals surface area contributed by atoms with Gasteiger partial charge in [-0.05, 0) is 53.6 Å². The molecule has 0 aliphatic carbocycles. The molecule has 0 saturated carbocycles. The molecule has 1 aromatic heterocycles. The molecule has 3 aromatic rings. The second-order valence-electron chi connectivity index (χ2n) is 6.61. The third kappa shape index (κ3) is 3.82. The molecule has 1 fully saturated rings. The summed E-state index contributed by atoms with van der Waals surface area (Å²) in [5.41, 5.74) is 1.38. The van der Waals surface area contributed by atoms with E-state index in [4.69, 9.17) is 11.6 Å². The van der Waals surface area contributed by atoms with Crippen LogP contribution in [0.1, 0.15) is 12.8 Å². The van der Waals surface area contributed by atoms with Gasteiger partial charge in [0.15, 0.2) is 0 Å². The third-order valence-electron chi connectivity index (χ3n) is 4.79. The van der Waals surface area contributed by atoms with Crippen LogP contribution in [0.5, 0.6) is 0 Å². The van der Waals surface area contributed by atoms with Crippen molar-refractivity contribution >= 4 is 29.1 Å². The molecule has 28 heavy (non-hydrogen) atoms. The minimum Gasteiger partial charge on any atom is -0.339 e. The van der Waals surface area contributed by atoms with Crippen LogP contribution in [0.4, 0.5) is 16.0 Å². The summed E-state index contributed by atoms with van der Waals surface area (Å²) in [6, 6.07) is 13.8. The second kappa shape index (κ2) is 7.93. The van der Waals surface area contributed by atoms with Crippen LogP contribution in [0.2, 0.25) is 5.02 Å². The van der Waals surface area contributed by atoms with E-state index in [2.05, 4.69) is 25.7 Å². The minimum atomic E-state index is -0.510. The van der Waals surface area contributed by atoms with E-state index in [9.17, 15) is 9.18 Å². The van der Waals surface area contributed by atoms with Gasteiger partial charge in [0.25, 0.3) is 0 Å². The van der Waals surface area contributed by atoms with Crippen molar-refractivity contribution in [3.05, 3.63) is 59.4 Å². The summed E-state index contributed by atoms with van der Waals surface area (Å²) >= 11 is 5.77. The smallest absolute Gasteiger partial charge is 0.250 e. The van der Waals surface area contributed by atoms with Crippen LogP contribution in [-0.4, -0.2) is 39.2 Å². The first-order chi connectivity index (χ1) is 13.6. The number of hydrogen-bond donors (Lipinski definition) is 1. The first kappa shape index (κ1) is 18.4. The van der Waals surface area contributed by atoms with Crippen LogP contribution in [0, 0.1) is 11.7 Å². The van der Waals surface area contributed by atoms with Gasteiger partial charge in [-0.2, -0.15) is 4.68 Å². The van der Waals surface area contributed by atoms with Gasteiger partial charge in [0.05, 0.1) is 10.7 Å². The molecular formula is C19H18ClFN6O. The summed E-state index contributed by atoms with van der Waals surface area (Å²) < 4.78 is 15.0. The van der Waals surface area contributed by atoms with E-state index in [1.807, 2.05) is 30.3 Å². The zero-order valence-electron chi connectivity index (χ0n) is 14.9. The maximum atomic E-state index is 13.3. The fourth-order valence-corrected chi connectivity index (χ4v) is 3.46. The Morgan fingerprint density at radius 2 is 1.89 bits per heavy atom. The molecule has 1 aliphatic rings. The SMILES string of the molecule is O=C(Nc1ccc(F)c(Cl)c1)C1CCN(c2nnnn2-c2ccccc2)CC1. The lowest BCUT2D eigenvalue weighted by Gasteiger charge is -2.31. The average molecular weight is 401 g/mol. The van der Waals surface area contributed by atoms with Gasteiger partial charge in [-0.15, -0.1) is 0 Å². The molecule has 9 heteroatoms. The van der Waals surface area contributed by atoms with E-state index < -0.39 is 5.82 Å². The summed E-state index contributed by atoms with van der Waals surface area (Å²) in [4.78, 5) is 14.6. The molecule has 0 unspecified atom stereocenters. The van der Waals surface area contributed by atoms with Crippen LogP contribution in [0.3, 0.4) is 0 Å². The Balaban J connectivity index is 1.39. The molecule has 0 spiro atoms. The number of rotatable bonds is 4. The van der Waals surface area contributed by atoms with Crippen LogP contribution < -0.4 is 10.2 Å². The number of nitrogens with zero attached hydrogens (tertiary/aromatic N) is 5. The predicted octanol–water partition coefficient (Wildman–Crippen LogP) is 3.31. The number of tetrazole rings is 1. The van der Waals surface area contributed by atoms with Gasteiger partial charge >= 0.3 is 0 Å². The quantitative estimate of drug-likeness (QED) is 0.727. The molecule has 1 N–H and O–H groups in total. The zero-order chi connectivity index (χ0) is 19.5. The number of carbonyl (C=O) groups excluding carboxylic acids is 1. The first-order valence-corrected chi connectivity index (χ1v) is 9.34. The number of nitrogens with one attached hydrogen (secondary N) is 1. The molecule has 0 bridgehead atoms. The van der Waals surface area contributed by atoms with E-state index in [-0.39, 0.29) is 16.8 Å². The number of aromatic nitrogens is 4. The van der Waals surface area contributed by atoms with Crippen molar-refractivity contribution in [1.82, 2.24) is 20.2 Å².